The molecule has 3 unspecified atom stereocenters. The van der Waals surface area contributed by atoms with Gasteiger partial charge in [0.2, 0.25) is 11.8 Å². The molecule has 0 heterocycles. The maximum absolute atomic E-state index is 14.3. The molecule has 7 nitrogen and oxygen atoms in total. The number of carbonyl (C=O) groups excluding carboxylic acids is 2. The number of benzene rings is 2. The third-order valence-electron chi connectivity index (χ3n) is 7.43. The molecule has 2 amide bonds. The van der Waals surface area contributed by atoms with Crippen LogP contribution in [0.25, 0.3) is 0 Å². The third kappa shape index (κ3) is 9.14. The zero-order valence-corrected chi connectivity index (χ0v) is 24.2. The number of carbonyl (C=O) groups is 2. The summed E-state index contributed by atoms with van der Waals surface area (Å²) in [5.74, 6) is -3.98. The van der Waals surface area contributed by atoms with Crippen molar-refractivity contribution in [2.24, 2.45) is 10.9 Å². The van der Waals surface area contributed by atoms with Crippen LogP contribution in [0.15, 0.2) is 47.7 Å². The van der Waals surface area contributed by atoms with Crippen molar-refractivity contribution in [3.05, 3.63) is 82.7 Å². The molecule has 2 aromatic rings. The van der Waals surface area contributed by atoms with Crippen molar-refractivity contribution in [2.75, 3.05) is 0 Å². The summed E-state index contributed by atoms with van der Waals surface area (Å²) in [7, 11) is 0. The van der Waals surface area contributed by atoms with Crippen molar-refractivity contribution >= 4 is 18.2 Å². The molecular weight excluding hydrogens is 550 g/mol. The van der Waals surface area contributed by atoms with E-state index in [1.54, 1.807) is 6.92 Å². The maximum atomic E-state index is 14.3. The van der Waals surface area contributed by atoms with Crippen molar-refractivity contribution < 1.29 is 27.2 Å². The third-order valence-corrected chi connectivity index (χ3v) is 7.43. The molecular formula is C31H39F4N5O2. The number of nitrogens with zero attached hydrogens (tertiary/aromatic N) is 1. The molecule has 0 fully saturated rings. The minimum Gasteiger partial charge on any atom is -0.352 e. The van der Waals surface area contributed by atoms with Gasteiger partial charge in [-0.1, -0.05) is 39.8 Å². The number of hydrogen-bond donors (Lipinski definition) is 4. The minimum absolute atomic E-state index is 0.0510. The second-order valence-electron chi connectivity index (χ2n) is 10.6. The highest BCUT2D eigenvalue weighted by molar-refractivity contribution is 5.83. The topological polar surface area (TPSA) is 94.6 Å². The molecule has 228 valence electrons. The maximum Gasteiger partial charge on any atom is 0.242 e. The monoisotopic (exact) mass is 589 g/mol. The Morgan fingerprint density at radius 3 is 2.52 bits per heavy atom. The first-order valence-corrected chi connectivity index (χ1v) is 14.2. The Hall–Kier alpha value is -3.73. The van der Waals surface area contributed by atoms with Crippen LogP contribution in [0.3, 0.4) is 0 Å². The number of fused-ring (bicyclic) bond motifs is 1. The number of aliphatic imine (C=N–C) groups is 1. The van der Waals surface area contributed by atoms with E-state index in [4.69, 9.17) is 0 Å². The first kappa shape index (κ1) is 32.8. The summed E-state index contributed by atoms with van der Waals surface area (Å²) in [5.41, 5.74) is 1.58. The molecule has 0 radical (unpaired) electrons. The number of amides is 2. The number of aryl methyl sites for hydroxylation is 1. The lowest BCUT2D eigenvalue weighted by atomic mass is 9.87. The summed E-state index contributed by atoms with van der Waals surface area (Å²) >= 11 is 0. The predicted molar refractivity (Wildman–Crippen MR) is 154 cm³/mol. The molecule has 0 spiro atoms. The Bertz CT molecular complexity index is 1300. The molecule has 11 heteroatoms. The summed E-state index contributed by atoms with van der Waals surface area (Å²) in [6.07, 6.45) is 4.76. The van der Waals surface area contributed by atoms with E-state index in [1.807, 2.05) is 13.8 Å². The van der Waals surface area contributed by atoms with Crippen molar-refractivity contribution in [1.82, 2.24) is 21.3 Å². The van der Waals surface area contributed by atoms with Gasteiger partial charge in [-0.3, -0.25) is 14.6 Å². The lowest BCUT2D eigenvalue weighted by molar-refractivity contribution is -0.125. The minimum atomic E-state index is -0.978. The van der Waals surface area contributed by atoms with Crippen molar-refractivity contribution in [2.45, 2.75) is 84.0 Å². The van der Waals surface area contributed by atoms with Crippen LogP contribution in [-0.4, -0.2) is 36.3 Å². The van der Waals surface area contributed by atoms with E-state index in [2.05, 4.69) is 32.8 Å². The van der Waals surface area contributed by atoms with E-state index < -0.39 is 35.2 Å². The molecule has 0 saturated carbocycles. The smallest absolute Gasteiger partial charge is 0.242 e. The van der Waals surface area contributed by atoms with Gasteiger partial charge in [0.05, 0.1) is 24.3 Å². The van der Waals surface area contributed by atoms with E-state index in [9.17, 15) is 27.2 Å². The highest BCUT2D eigenvalue weighted by Crippen LogP contribution is 2.26. The van der Waals surface area contributed by atoms with Crippen LogP contribution < -0.4 is 21.3 Å². The van der Waals surface area contributed by atoms with Gasteiger partial charge in [0.25, 0.3) is 0 Å². The van der Waals surface area contributed by atoms with Crippen LogP contribution in [0, 0.1) is 29.2 Å². The zero-order valence-electron chi connectivity index (χ0n) is 24.2. The molecule has 42 heavy (non-hydrogen) atoms. The molecule has 3 rings (SSSR count). The molecule has 0 aromatic heterocycles. The second kappa shape index (κ2) is 15.5. The van der Waals surface area contributed by atoms with E-state index in [1.165, 1.54) is 18.5 Å². The summed E-state index contributed by atoms with van der Waals surface area (Å²) in [6, 6.07) is 4.65. The van der Waals surface area contributed by atoms with Crippen LogP contribution >= 0.6 is 0 Å². The molecule has 0 saturated heterocycles. The van der Waals surface area contributed by atoms with E-state index >= 15 is 0 Å². The quantitative estimate of drug-likeness (QED) is 0.145. The van der Waals surface area contributed by atoms with Gasteiger partial charge in [0, 0.05) is 18.7 Å². The van der Waals surface area contributed by atoms with Gasteiger partial charge >= 0.3 is 0 Å². The SMILES string of the molecule is C=C(NC=NC(CC)C(C)C(=O)NCc1ccc(F)c(F)c1)NC(=O)[C@H](CCC)NC1CCc2cc(F)cc(F)c2C1. The summed E-state index contributed by atoms with van der Waals surface area (Å²) < 4.78 is 54.4. The predicted octanol–water partition coefficient (Wildman–Crippen LogP) is 4.80. The van der Waals surface area contributed by atoms with Crippen molar-refractivity contribution in [3.8, 4) is 0 Å². The number of hydrogen-bond acceptors (Lipinski definition) is 4. The van der Waals surface area contributed by atoms with Crippen molar-refractivity contribution in [1.29, 1.82) is 0 Å². The molecule has 4 atom stereocenters. The van der Waals surface area contributed by atoms with Gasteiger partial charge in [-0.05, 0) is 67.0 Å². The van der Waals surface area contributed by atoms with Crippen LogP contribution in [0.1, 0.15) is 63.1 Å². The number of rotatable bonds is 14. The van der Waals surface area contributed by atoms with Crippen LogP contribution in [0.4, 0.5) is 17.6 Å². The van der Waals surface area contributed by atoms with Crippen molar-refractivity contribution in [3.63, 3.8) is 0 Å². The highest BCUT2D eigenvalue weighted by atomic mass is 19.2. The molecule has 0 bridgehead atoms. The number of nitrogens with one attached hydrogen (secondary N) is 4. The van der Waals surface area contributed by atoms with Gasteiger partial charge in [-0.2, -0.15) is 0 Å². The van der Waals surface area contributed by atoms with Gasteiger partial charge in [0.1, 0.15) is 17.5 Å². The van der Waals surface area contributed by atoms with E-state index in [-0.39, 0.29) is 36.3 Å². The summed E-state index contributed by atoms with van der Waals surface area (Å²) in [5, 5.41) is 11.6. The van der Waals surface area contributed by atoms with Crippen LogP contribution in [0.2, 0.25) is 0 Å². The van der Waals surface area contributed by atoms with Crippen LogP contribution in [-0.2, 0) is 29.0 Å². The largest absolute Gasteiger partial charge is 0.352 e. The normalized spacial score (nSPS) is 16.8. The fourth-order valence-corrected chi connectivity index (χ4v) is 5.04. The fourth-order valence-electron chi connectivity index (χ4n) is 5.04. The Kier molecular flexibility index (Phi) is 12.1. The molecule has 2 aromatic carbocycles. The van der Waals surface area contributed by atoms with Gasteiger partial charge in [-0.15, -0.1) is 0 Å². The average molecular weight is 590 g/mol. The fraction of sp³-hybridized carbons (Fsp3) is 0.452. The standard InChI is InChI=1S/C31H39F4N5O2/c1-5-7-29(40-23-10-9-21-13-22(32)14-26(34)24(21)15-23)31(42)39-19(4)37-17-38-28(6-2)18(3)30(41)36-16-20-8-11-25(33)27(35)12-20/h8,11-14,17-18,23,28-29,40H,4-7,9-10,15-16H2,1-3H3,(H,36,41)(H,37,38)(H,39,42)/t18?,23?,28?,29-/m0/s1. The first-order valence-electron chi connectivity index (χ1n) is 14.2. The molecule has 4 N–H and O–H groups in total. The summed E-state index contributed by atoms with van der Waals surface area (Å²) in [4.78, 5) is 30.0. The highest BCUT2D eigenvalue weighted by Gasteiger charge is 2.27. The van der Waals surface area contributed by atoms with Gasteiger partial charge in [0.15, 0.2) is 11.6 Å². The first-order chi connectivity index (χ1) is 20.0. The average Bonchev–Trinajstić information content (AvgIpc) is 2.95. The molecule has 1 aliphatic carbocycles. The summed E-state index contributed by atoms with van der Waals surface area (Å²) in [6.45, 7) is 9.44. The van der Waals surface area contributed by atoms with E-state index in [0.29, 0.717) is 48.8 Å². The van der Waals surface area contributed by atoms with E-state index in [0.717, 1.165) is 24.6 Å². The Balaban J connectivity index is 1.49. The van der Waals surface area contributed by atoms with Gasteiger partial charge < -0.3 is 21.3 Å². The number of halogens is 4. The lowest BCUT2D eigenvalue weighted by Gasteiger charge is -2.29. The molecule has 1 aliphatic rings. The lowest BCUT2D eigenvalue weighted by Crippen LogP contribution is -2.50. The second-order valence-corrected chi connectivity index (χ2v) is 10.6. The van der Waals surface area contributed by atoms with Gasteiger partial charge in [-0.25, -0.2) is 17.6 Å². The zero-order chi connectivity index (χ0) is 30.8. The molecule has 0 aliphatic heterocycles. The van der Waals surface area contributed by atoms with Crippen LogP contribution in [0.5, 0.6) is 0 Å². The Labute approximate surface area is 244 Å². The Morgan fingerprint density at radius 2 is 1.83 bits per heavy atom. The Morgan fingerprint density at radius 1 is 1.07 bits per heavy atom.